The van der Waals surface area contributed by atoms with Crippen molar-refractivity contribution in [2.45, 2.75) is 62.9 Å². The van der Waals surface area contributed by atoms with Crippen molar-refractivity contribution in [3.8, 4) is 0 Å². The SMILES string of the molecule is CCC(C)n1ccnc1SSc1nccn1C(C)CC. The fraction of sp³-hybridized carbons (Fsp3) is 0.571. The summed E-state index contributed by atoms with van der Waals surface area (Å²) in [6.07, 6.45) is 10.1. The zero-order chi connectivity index (χ0) is 14.5. The van der Waals surface area contributed by atoms with Crippen molar-refractivity contribution in [2.75, 3.05) is 0 Å². The van der Waals surface area contributed by atoms with Crippen LogP contribution < -0.4 is 0 Å². The molecule has 2 aromatic rings. The molecule has 6 heteroatoms. The van der Waals surface area contributed by atoms with Gasteiger partial charge in [-0.05, 0) is 48.3 Å². The third-order valence-electron chi connectivity index (χ3n) is 3.59. The summed E-state index contributed by atoms with van der Waals surface area (Å²) in [6, 6.07) is 0.963. The van der Waals surface area contributed by atoms with Crippen molar-refractivity contribution in [3.63, 3.8) is 0 Å². The van der Waals surface area contributed by atoms with Crippen LogP contribution in [0.15, 0.2) is 35.1 Å². The molecule has 0 saturated heterocycles. The van der Waals surface area contributed by atoms with Gasteiger partial charge < -0.3 is 9.13 Å². The normalized spacial score (nSPS) is 14.4. The van der Waals surface area contributed by atoms with Crippen molar-refractivity contribution in [3.05, 3.63) is 24.8 Å². The highest BCUT2D eigenvalue weighted by molar-refractivity contribution is 8.76. The molecule has 20 heavy (non-hydrogen) atoms. The molecule has 110 valence electrons. The van der Waals surface area contributed by atoms with E-state index < -0.39 is 0 Å². The van der Waals surface area contributed by atoms with E-state index in [0.29, 0.717) is 12.1 Å². The van der Waals surface area contributed by atoms with Gasteiger partial charge in [0.2, 0.25) is 0 Å². The monoisotopic (exact) mass is 310 g/mol. The first-order chi connectivity index (χ1) is 9.67. The smallest absolute Gasteiger partial charge is 0.179 e. The van der Waals surface area contributed by atoms with Gasteiger partial charge in [-0.25, -0.2) is 9.97 Å². The van der Waals surface area contributed by atoms with Gasteiger partial charge in [0.1, 0.15) is 0 Å². The number of nitrogens with zero attached hydrogens (tertiary/aromatic N) is 4. The standard InChI is InChI=1S/C14H22N4S2/c1-5-11(3)17-9-7-15-13(17)19-20-14-16-8-10-18(14)12(4)6-2/h7-12H,5-6H2,1-4H3. The van der Waals surface area contributed by atoms with Crippen LogP contribution in [0, 0.1) is 0 Å². The molecule has 2 aromatic heterocycles. The van der Waals surface area contributed by atoms with Crippen molar-refractivity contribution >= 4 is 21.6 Å². The zero-order valence-electron chi connectivity index (χ0n) is 12.5. The van der Waals surface area contributed by atoms with E-state index in [1.165, 1.54) is 0 Å². The van der Waals surface area contributed by atoms with Gasteiger partial charge in [0, 0.05) is 36.9 Å². The van der Waals surface area contributed by atoms with Gasteiger partial charge in [-0.1, -0.05) is 13.8 Å². The Morgan fingerprint density at radius 2 is 1.30 bits per heavy atom. The molecule has 2 rings (SSSR count). The van der Waals surface area contributed by atoms with E-state index in [9.17, 15) is 0 Å². The number of hydrogen-bond donors (Lipinski definition) is 0. The summed E-state index contributed by atoms with van der Waals surface area (Å²) < 4.78 is 4.46. The van der Waals surface area contributed by atoms with Crippen LogP contribution in [0.3, 0.4) is 0 Å². The first-order valence-corrected chi connectivity index (χ1v) is 9.22. The molecule has 2 atom stereocenters. The average Bonchev–Trinajstić information content (AvgIpc) is 3.11. The van der Waals surface area contributed by atoms with Gasteiger partial charge in [-0.15, -0.1) is 0 Å². The molecule has 0 aliphatic rings. The van der Waals surface area contributed by atoms with Crippen LogP contribution in [0.2, 0.25) is 0 Å². The molecule has 0 amide bonds. The largest absolute Gasteiger partial charge is 0.323 e. The fourth-order valence-corrected chi connectivity index (χ4v) is 4.10. The number of aromatic nitrogens is 4. The molecule has 0 saturated carbocycles. The van der Waals surface area contributed by atoms with E-state index in [4.69, 9.17) is 0 Å². The van der Waals surface area contributed by atoms with Crippen LogP contribution >= 0.6 is 21.6 Å². The van der Waals surface area contributed by atoms with E-state index in [0.717, 1.165) is 23.2 Å². The lowest BCUT2D eigenvalue weighted by Gasteiger charge is -2.15. The maximum Gasteiger partial charge on any atom is 0.179 e. The van der Waals surface area contributed by atoms with Crippen molar-refractivity contribution in [1.82, 2.24) is 19.1 Å². The second kappa shape index (κ2) is 7.22. The van der Waals surface area contributed by atoms with Crippen LogP contribution in [0.4, 0.5) is 0 Å². The first-order valence-electron chi connectivity index (χ1n) is 7.07. The third-order valence-corrected chi connectivity index (χ3v) is 5.75. The molecule has 0 aromatic carbocycles. The van der Waals surface area contributed by atoms with Crippen molar-refractivity contribution < 1.29 is 0 Å². The van der Waals surface area contributed by atoms with Crippen LogP contribution in [-0.2, 0) is 0 Å². The summed E-state index contributed by atoms with van der Waals surface area (Å²) in [4.78, 5) is 8.89. The van der Waals surface area contributed by atoms with Crippen LogP contribution in [0.5, 0.6) is 0 Å². The average molecular weight is 310 g/mol. The molecule has 0 aliphatic heterocycles. The maximum absolute atomic E-state index is 4.45. The Morgan fingerprint density at radius 3 is 1.65 bits per heavy atom. The van der Waals surface area contributed by atoms with Gasteiger partial charge in [0.15, 0.2) is 10.3 Å². The minimum Gasteiger partial charge on any atom is -0.323 e. The Morgan fingerprint density at radius 1 is 0.900 bits per heavy atom. The quantitative estimate of drug-likeness (QED) is 0.687. The molecule has 0 radical (unpaired) electrons. The highest BCUT2D eigenvalue weighted by atomic mass is 33.1. The molecular weight excluding hydrogens is 288 g/mol. The minimum absolute atomic E-state index is 0.481. The van der Waals surface area contributed by atoms with Crippen molar-refractivity contribution in [1.29, 1.82) is 0 Å². The van der Waals surface area contributed by atoms with E-state index in [1.54, 1.807) is 21.6 Å². The van der Waals surface area contributed by atoms with Gasteiger partial charge in [-0.3, -0.25) is 0 Å². The Kier molecular flexibility index (Phi) is 5.60. The number of hydrogen-bond acceptors (Lipinski definition) is 4. The summed E-state index contributed by atoms with van der Waals surface area (Å²) >= 11 is 0. The Balaban J connectivity index is 2.06. The van der Waals surface area contributed by atoms with E-state index in [1.807, 2.05) is 12.4 Å². The van der Waals surface area contributed by atoms with E-state index in [-0.39, 0.29) is 0 Å². The second-order valence-electron chi connectivity index (χ2n) is 4.92. The molecule has 0 N–H and O–H groups in total. The first kappa shape index (κ1) is 15.5. The summed E-state index contributed by atoms with van der Waals surface area (Å²) in [5.74, 6) is 0. The fourth-order valence-electron chi connectivity index (χ4n) is 1.87. The van der Waals surface area contributed by atoms with Gasteiger partial charge in [0.25, 0.3) is 0 Å². The van der Waals surface area contributed by atoms with E-state index in [2.05, 4.69) is 59.2 Å². The van der Waals surface area contributed by atoms with Crippen LogP contribution in [-0.4, -0.2) is 19.1 Å². The molecule has 2 unspecified atom stereocenters. The lowest BCUT2D eigenvalue weighted by molar-refractivity contribution is 0.491. The third kappa shape index (κ3) is 3.41. The molecule has 2 heterocycles. The molecule has 4 nitrogen and oxygen atoms in total. The predicted molar refractivity (Wildman–Crippen MR) is 86.2 cm³/mol. The van der Waals surface area contributed by atoms with E-state index >= 15 is 0 Å². The molecule has 0 aliphatic carbocycles. The number of imidazole rings is 2. The Hall–Kier alpha value is -0.880. The summed E-state index contributed by atoms with van der Waals surface area (Å²) in [5, 5.41) is 2.09. The van der Waals surface area contributed by atoms with Gasteiger partial charge in [0.05, 0.1) is 0 Å². The summed E-state index contributed by atoms with van der Waals surface area (Å²) in [7, 11) is 3.36. The molecule has 0 bridgehead atoms. The van der Waals surface area contributed by atoms with Crippen LogP contribution in [0.25, 0.3) is 0 Å². The lowest BCUT2D eigenvalue weighted by Crippen LogP contribution is -2.04. The maximum atomic E-state index is 4.45. The number of rotatable bonds is 7. The molecule has 0 fully saturated rings. The lowest BCUT2D eigenvalue weighted by atomic mass is 10.3. The Labute approximate surface area is 128 Å². The Bertz CT molecular complexity index is 487. The highest BCUT2D eigenvalue weighted by Gasteiger charge is 2.13. The highest BCUT2D eigenvalue weighted by Crippen LogP contribution is 2.37. The molecular formula is C14H22N4S2. The minimum atomic E-state index is 0.481. The topological polar surface area (TPSA) is 35.6 Å². The summed E-state index contributed by atoms with van der Waals surface area (Å²) in [5.41, 5.74) is 0. The zero-order valence-corrected chi connectivity index (χ0v) is 14.1. The second-order valence-corrected chi connectivity index (χ2v) is 6.98. The molecule has 0 spiro atoms. The van der Waals surface area contributed by atoms with Gasteiger partial charge in [-0.2, -0.15) is 0 Å². The van der Waals surface area contributed by atoms with Crippen LogP contribution in [0.1, 0.15) is 52.6 Å². The van der Waals surface area contributed by atoms with Crippen molar-refractivity contribution in [2.24, 2.45) is 0 Å². The summed E-state index contributed by atoms with van der Waals surface area (Å²) in [6.45, 7) is 8.83. The van der Waals surface area contributed by atoms with Gasteiger partial charge >= 0.3 is 0 Å². The predicted octanol–water partition coefficient (Wildman–Crippen LogP) is 4.82.